The van der Waals surface area contributed by atoms with E-state index in [1.54, 1.807) is 0 Å². The molecule has 0 nitrogen and oxygen atoms in total. The fraction of sp³-hybridized carbons (Fsp3) is 0.294. The van der Waals surface area contributed by atoms with Crippen LogP contribution < -0.4 is 0 Å². The fourth-order valence-electron chi connectivity index (χ4n) is 1.74. The molecule has 106 valence electrons. The molecule has 2 aromatic rings. The molecule has 0 N–H and O–H groups in total. The highest BCUT2D eigenvalue weighted by molar-refractivity contribution is 8.03. The molecule has 0 aliphatic rings. The van der Waals surface area contributed by atoms with Gasteiger partial charge in [0.25, 0.3) is 0 Å². The molecule has 0 amide bonds. The second-order valence-electron chi connectivity index (χ2n) is 4.51. The molecule has 0 atom stereocenters. The predicted octanol–water partition coefficient (Wildman–Crippen LogP) is 4.82. The van der Waals surface area contributed by atoms with Crippen LogP contribution in [0.5, 0.6) is 0 Å². The van der Waals surface area contributed by atoms with Gasteiger partial charge in [0.15, 0.2) is 0 Å². The molecule has 0 bridgehead atoms. The number of thioether (sulfide) groups is 2. The standard InChI is InChI=1S/C17H21S3/c1-20(14-12-18-16-8-4-2-5-9-16)15-13-19-17-10-6-3-7-11-17/h2-11H,12-15H2,1H3/q+1. The van der Waals surface area contributed by atoms with E-state index in [9.17, 15) is 0 Å². The van der Waals surface area contributed by atoms with Gasteiger partial charge in [0.1, 0.15) is 11.5 Å². The Balaban J connectivity index is 1.58. The summed E-state index contributed by atoms with van der Waals surface area (Å²) in [4.78, 5) is 2.78. The van der Waals surface area contributed by atoms with Gasteiger partial charge in [0.2, 0.25) is 0 Å². The minimum Gasteiger partial charge on any atom is -0.121 e. The molecule has 2 rings (SSSR count). The number of benzene rings is 2. The summed E-state index contributed by atoms with van der Waals surface area (Å²) in [6, 6.07) is 21.4. The van der Waals surface area contributed by atoms with Crippen LogP contribution in [0.2, 0.25) is 0 Å². The van der Waals surface area contributed by atoms with E-state index in [-0.39, 0.29) is 0 Å². The van der Waals surface area contributed by atoms with Gasteiger partial charge in [-0.2, -0.15) is 0 Å². The topological polar surface area (TPSA) is 0 Å². The van der Waals surface area contributed by atoms with E-state index in [0.717, 1.165) is 0 Å². The van der Waals surface area contributed by atoms with E-state index < -0.39 is 0 Å². The minimum absolute atomic E-state index is 0.541. The Kier molecular flexibility index (Phi) is 7.48. The van der Waals surface area contributed by atoms with Crippen molar-refractivity contribution < 1.29 is 0 Å². The van der Waals surface area contributed by atoms with Crippen LogP contribution in [-0.2, 0) is 10.9 Å². The van der Waals surface area contributed by atoms with Crippen LogP contribution in [-0.4, -0.2) is 29.3 Å². The van der Waals surface area contributed by atoms with Gasteiger partial charge >= 0.3 is 0 Å². The lowest BCUT2D eigenvalue weighted by Gasteiger charge is -2.04. The van der Waals surface area contributed by atoms with Crippen LogP contribution in [0.15, 0.2) is 70.5 Å². The van der Waals surface area contributed by atoms with Gasteiger partial charge in [-0.25, -0.2) is 0 Å². The molecule has 3 heteroatoms. The first-order valence-electron chi connectivity index (χ1n) is 6.79. The van der Waals surface area contributed by atoms with Crippen molar-refractivity contribution in [2.75, 3.05) is 29.3 Å². The molecule has 0 saturated heterocycles. The van der Waals surface area contributed by atoms with Crippen LogP contribution in [0.3, 0.4) is 0 Å². The number of hydrogen-bond acceptors (Lipinski definition) is 2. The average Bonchev–Trinajstić information content (AvgIpc) is 2.49. The molecule has 0 unspecified atom stereocenters. The molecule has 0 radical (unpaired) electrons. The van der Waals surface area contributed by atoms with Gasteiger partial charge in [0, 0.05) is 21.3 Å². The molecule has 2 aromatic carbocycles. The lowest BCUT2D eigenvalue weighted by molar-refractivity contribution is 1.40. The normalized spacial score (nSPS) is 10.9. The van der Waals surface area contributed by atoms with Gasteiger partial charge in [-0.05, 0) is 35.2 Å². The third-order valence-electron chi connectivity index (χ3n) is 2.89. The lowest BCUT2D eigenvalue weighted by Crippen LogP contribution is -2.13. The maximum atomic E-state index is 2.40. The summed E-state index contributed by atoms with van der Waals surface area (Å²) < 4.78 is 0. The molecule has 20 heavy (non-hydrogen) atoms. The lowest BCUT2D eigenvalue weighted by atomic mass is 10.4. The second kappa shape index (κ2) is 9.43. The van der Waals surface area contributed by atoms with Crippen molar-refractivity contribution in [3.05, 3.63) is 60.7 Å². The highest BCUT2D eigenvalue weighted by Gasteiger charge is 2.10. The molecule has 0 aliphatic heterocycles. The maximum absolute atomic E-state index is 2.40. The molecule has 0 aliphatic carbocycles. The zero-order valence-corrected chi connectivity index (χ0v) is 14.3. The number of rotatable bonds is 8. The molecule has 0 saturated carbocycles. The third kappa shape index (κ3) is 6.29. The largest absolute Gasteiger partial charge is 0.121 e. The first-order chi connectivity index (χ1) is 9.84. The maximum Gasteiger partial charge on any atom is 0.117 e. The van der Waals surface area contributed by atoms with Crippen molar-refractivity contribution in [1.29, 1.82) is 0 Å². The van der Waals surface area contributed by atoms with Crippen LogP contribution in [0.1, 0.15) is 0 Å². The first kappa shape index (κ1) is 15.9. The van der Waals surface area contributed by atoms with Crippen molar-refractivity contribution in [2.45, 2.75) is 9.79 Å². The highest BCUT2D eigenvalue weighted by atomic mass is 32.2. The Morgan fingerprint density at radius 1 is 0.700 bits per heavy atom. The van der Waals surface area contributed by atoms with Crippen molar-refractivity contribution >= 4 is 34.4 Å². The van der Waals surface area contributed by atoms with E-state index in [2.05, 4.69) is 66.9 Å². The van der Waals surface area contributed by atoms with E-state index in [1.165, 1.54) is 32.8 Å². The first-order valence-corrected chi connectivity index (χ1v) is 10.7. The Bertz CT molecular complexity index is 425. The van der Waals surface area contributed by atoms with Crippen LogP contribution >= 0.6 is 23.5 Å². The van der Waals surface area contributed by atoms with E-state index in [1.807, 2.05) is 23.5 Å². The summed E-state index contributed by atoms with van der Waals surface area (Å²) in [6.07, 6.45) is 2.40. The molecule has 0 aromatic heterocycles. The minimum atomic E-state index is 0.541. The molecule has 0 spiro atoms. The molecule has 0 heterocycles. The summed E-state index contributed by atoms with van der Waals surface area (Å²) in [6.45, 7) is 0. The predicted molar refractivity (Wildman–Crippen MR) is 97.4 cm³/mol. The van der Waals surface area contributed by atoms with Crippen LogP contribution in [0, 0.1) is 0 Å². The molecular formula is C17H21S3+. The summed E-state index contributed by atoms with van der Waals surface area (Å²) in [5, 5.41) is 0. The van der Waals surface area contributed by atoms with Gasteiger partial charge in [-0.1, -0.05) is 36.4 Å². The monoisotopic (exact) mass is 321 g/mol. The zero-order chi connectivity index (χ0) is 14.0. The van der Waals surface area contributed by atoms with Crippen LogP contribution in [0.25, 0.3) is 0 Å². The van der Waals surface area contributed by atoms with Crippen molar-refractivity contribution in [3.8, 4) is 0 Å². The second-order valence-corrected chi connectivity index (χ2v) is 9.23. The fourth-order valence-corrected chi connectivity index (χ4v) is 6.06. The number of hydrogen-bond donors (Lipinski definition) is 0. The van der Waals surface area contributed by atoms with Gasteiger partial charge in [0.05, 0.1) is 6.26 Å². The average molecular weight is 322 g/mol. The van der Waals surface area contributed by atoms with Crippen molar-refractivity contribution in [3.63, 3.8) is 0 Å². The summed E-state index contributed by atoms with van der Waals surface area (Å²) in [5.74, 6) is 5.13. The van der Waals surface area contributed by atoms with E-state index in [0.29, 0.717) is 10.9 Å². The van der Waals surface area contributed by atoms with Gasteiger partial charge in [-0.15, -0.1) is 23.5 Å². The van der Waals surface area contributed by atoms with Gasteiger partial charge < -0.3 is 0 Å². The Morgan fingerprint density at radius 3 is 1.50 bits per heavy atom. The Morgan fingerprint density at radius 2 is 1.10 bits per heavy atom. The summed E-state index contributed by atoms with van der Waals surface area (Å²) in [5.41, 5.74) is 0. The molecular weight excluding hydrogens is 300 g/mol. The van der Waals surface area contributed by atoms with E-state index in [4.69, 9.17) is 0 Å². The SMILES string of the molecule is C[S+](CCSc1ccccc1)CCSc1ccccc1. The van der Waals surface area contributed by atoms with Crippen molar-refractivity contribution in [1.82, 2.24) is 0 Å². The van der Waals surface area contributed by atoms with Gasteiger partial charge in [-0.3, -0.25) is 0 Å². The highest BCUT2D eigenvalue weighted by Crippen LogP contribution is 2.19. The van der Waals surface area contributed by atoms with E-state index >= 15 is 0 Å². The Hall–Kier alpha value is -0.510. The smallest absolute Gasteiger partial charge is 0.117 e. The quantitative estimate of drug-likeness (QED) is 0.505. The van der Waals surface area contributed by atoms with Crippen molar-refractivity contribution in [2.24, 2.45) is 0 Å². The summed E-state index contributed by atoms with van der Waals surface area (Å²) in [7, 11) is 0.541. The van der Waals surface area contributed by atoms with Crippen LogP contribution in [0.4, 0.5) is 0 Å². The zero-order valence-electron chi connectivity index (χ0n) is 11.8. The summed E-state index contributed by atoms with van der Waals surface area (Å²) >= 11 is 3.96. The third-order valence-corrected chi connectivity index (χ3v) is 7.23. The Labute approximate surface area is 134 Å². The molecule has 0 fully saturated rings.